The average Bonchev–Trinajstić information content (AvgIpc) is 3.01. The van der Waals surface area contributed by atoms with Crippen LogP contribution in [0.3, 0.4) is 0 Å². The molecule has 0 aromatic rings. The first-order valence-electron chi connectivity index (χ1n) is 19.6. The lowest BCUT2D eigenvalue weighted by Crippen LogP contribution is -2.55. The number of carboxylic acids is 1. The van der Waals surface area contributed by atoms with Crippen LogP contribution in [0.25, 0.3) is 0 Å². The molecular formula is C39H75NO7. The number of unbranched alkanes of at least 4 members (excludes halogenated alkanes) is 21. The van der Waals surface area contributed by atoms with Crippen molar-refractivity contribution >= 4 is 17.9 Å². The first-order valence-corrected chi connectivity index (χ1v) is 19.6. The van der Waals surface area contributed by atoms with Gasteiger partial charge in [-0.2, -0.15) is 0 Å². The third kappa shape index (κ3) is 30.1. The van der Waals surface area contributed by atoms with Gasteiger partial charge in [-0.05, 0) is 12.8 Å². The summed E-state index contributed by atoms with van der Waals surface area (Å²) in [5.74, 6) is -1.73. The molecule has 0 bridgehead atoms. The van der Waals surface area contributed by atoms with Crippen LogP contribution in [0.1, 0.15) is 181 Å². The number of rotatable bonds is 35. The highest BCUT2D eigenvalue weighted by Gasteiger charge is 2.25. The van der Waals surface area contributed by atoms with E-state index in [0.717, 1.165) is 38.5 Å². The van der Waals surface area contributed by atoms with Crippen molar-refractivity contribution in [3.05, 3.63) is 0 Å². The highest BCUT2D eigenvalue weighted by Crippen LogP contribution is 2.15. The molecule has 0 heterocycles. The van der Waals surface area contributed by atoms with Crippen molar-refractivity contribution in [2.45, 2.75) is 193 Å². The van der Waals surface area contributed by atoms with Gasteiger partial charge in [-0.1, -0.05) is 149 Å². The van der Waals surface area contributed by atoms with Gasteiger partial charge in [-0.25, -0.2) is 0 Å². The first-order chi connectivity index (χ1) is 22.6. The Kier molecular flexibility index (Phi) is 30.5. The molecule has 47 heavy (non-hydrogen) atoms. The summed E-state index contributed by atoms with van der Waals surface area (Å²) in [5.41, 5.74) is 0. The maximum atomic E-state index is 12.6. The smallest absolute Gasteiger partial charge is 0.306 e. The number of esters is 2. The molecule has 2 unspecified atom stereocenters. The van der Waals surface area contributed by atoms with Crippen molar-refractivity contribution < 1.29 is 38.2 Å². The lowest BCUT2D eigenvalue weighted by molar-refractivity contribution is -0.889. The number of carboxylic acid groups (broad SMARTS) is 1. The normalized spacial score (nSPS) is 13.0. The largest absolute Gasteiger partial charge is 0.544 e. The maximum Gasteiger partial charge on any atom is 0.306 e. The lowest BCUT2D eigenvalue weighted by Gasteiger charge is -2.34. The summed E-state index contributed by atoms with van der Waals surface area (Å²) in [5, 5.41) is 11.6. The van der Waals surface area contributed by atoms with E-state index < -0.39 is 18.1 Å². The quantitative estimate of drug-likeness (QED) is 0.0379. The average molecular weight is 670 g/mol. The van der Waals surface area contributed by atoms with E-state index >= 15 is 0 Å². The van der Waals surface area contributed by atoms with E-state index in [1.165, 1.54) is 109 Å². The number of nitrogens with zero attached hydrogens (tertiary/aromatic N) is 1. The van der Waals surface area contributed by atoms with Crippen LogP contribution in [0.2, 0.25) is 0 Å². The predicted molar refractivity (Wildman–Crippen MR) is 190 cm³/mol. The molecule has 0 aliphatic heterocycles. The van der Waals surface area contributed by atoms with Crippen molar-refractivity contribution in [3.8, 4) is 0 Å². The van der Waals surface area contributed by atoms with E-state index in [2.05, 4.69) is 13.8 Å². The summed E-state index contributed by atoms with van der Waals surface area (Å²) in [6.07, 6.45) is 28.4. The fourth-order valence-electron chi connectivity index (χ4n) is 5.89. The van der Waals surface area contributed by atoms with Crippen LogP contribution in [0.4, 0.5) is 0 Å². The second-order valence-corrected chi connectivity index (χ2v) is 14.5. The molecule has 0 amide bonds. The number of carbonyl (C=O) groups is 3. The summed E-state index contributed by atoms with van der Waals surface area (Å²) in [6, 6.07) is -0.717. The number of hydrogen-bond acceptors (Lipinski definition) is 7. The van der Waals surface area contributed by atoms with Crippen molar-refractivity contribution in [3.63, 3.8) is 0 Å². The van der Waals surface area contributed by atoms with E-state index in [9.17, 15) is 19.5 Å². The van der Waals surface area contributed by atoms with Gasteiger partial charge in [0.05, 0.1) is 40.3 Å². The minimum atomic E-state index is -1.12. The molecule has 0 rings (SSSR count). The highest BCUT2D eigenvalue weighted by atomic mass is 16.6. The summed E-state index contributed by atoms with van der Waals surface area (Å²) >= 11 is 0. The number of carbonyl (C=O) groups excluding carboxylic acids is 3. The van der Waals surface area contributed by atoms with Crippen LogP contribution >= 0.6 is 0 Å². The van der Waals surface area contributed by atoms with Crippen molar-refractivity contribution in [1.82, 2.24) is 0 Å². The van der Waals surface area contributed by atoms with Gasteiger partial charge in [0.15, 0.2) is 6.10 Å². The summed E-state index contributed by atoms with van der Waals surface area (Å²) in [7, 11) is 5.40. The number of aliphatic carboxylic acids is 1. The van der Waals surface area contributed by atoms with E-state index in [1.807, 2.05) is 0 Å². The Hall–Kier alpha value is -1.67. The Morgan fingerprint density at radius 2 is 0.936 bits per heavy atom. The van der Waals surface area contributed by atoms with Crippen LogP contribution in [-0.4, -0.2) is 75.5 Å². The van der Waals surface area contributed by atoms with Gasteiger partial charge in [0, 0.05) is 19.3 Å². The number of quaternary nitrogens is 1. The van der Waals surface area contributed by atoms with Crippen molar-refractivity contribution in [2.75, 3.05) is 41.0 Å². The molecule has 2 atom stereocenters. The van der Waals surface area contributed by atoms with E-state index in [-0.39, 0.29) is 42.7 Å². The molecule has 0 aliphatic rings. The molecule has 8 nitrogen and oxygen atoms in total. The van der Waals surface area contributed by atoms with Gasteiger partial charge in [0.1, 0.15) is 12.6 Å². The minimum absolute atomic E-state index is 0.0479. The molecule has 0 radical (unpaired) electrons. The van der Waals surface area contributed by atoms with Gasteiger partial charge >= 0.3 is 11.9 Å². The molecule has 0 aromatic carbocycles. The summed E-state index contributed by atoms with van der Waals surface area (Å²) < 4.78 is 17.1. The van der Waals surface area contributed by atoms with Gasteiger partial charge < -0.3 is 28.6 Å². The molecule has 0 aromatic heterocycles. The Labute approximate surface area is 289 Å². The number of ether oxygens (including phenoxy) is 3. The van der Waals surface area contributed by atoms with Crippen LogP contribution in [0, 0.1) is 0 Å². The molecule has 0 fully saturated rings. The molecule has 0 N–H and O–H groups in total. The fourth-order valence-corrected chi connectivity index (χ4v) is 5.89. The molecule has 0 saturated heterocycles. The molecule has 0 saturated carbocycles. The Morgan fingerprint density at radius 3 is 1.32 bits per heavy atom. The van der Waals surface area contributed by atoms with E-state index in [1.54, 1.807) is 21.1 Å². The SMILES string of the molecule is CCCCCCCCCCCCCCCCCC(=O)OCC(COCCC(C(=O)[O-])[N+](C)(C)C)OC(=O)CCCCCCCCCC. The zero-order chi connectivity index (χ0) is 35.0. The Bertz CT molecular complexity index is 752. The Morgan fingerprint density at radius 1 is 0.553 bits per heavy atom. The molecule has 0 spiro atoms. The standard InChI is InChI=1S/C39H75NO7/c1-6-8-10-12-14-16-17-18-19-20-21-22-24-25-27-29-37(41)46-34-35(33-45-32-31-36(39(43)44)40(3,4)5)47-38(42)30-28-26-23-15-13-11-9-7-2/h35-36H,6-34H2,1-5H3. The Balaban J connectivity index is 4.30. The second kappa shape index (κ2) is 31.6. The molecule has 8 heteroatoms. The minimum Gasteiger partial charge on any atom is -0.544 e. The summed E-state index contributed by atoms with van der Waals surface area (Å²) in [4.78, 5) is 36.5. The zero-order valence-electron chi connectivity index (χ0n) is 31.5. The monoisotopic (exact) mass is 670 g/mol. The van der Waals surface area contributed by atoms with Gasteiger partial charge in [0.2, 0.25) is 0 Å². The van der Waals surface area contributed by atoms with Crippen molar-refractivity contribution in [1.29, 1.82) is 0 Å². The van der Waals surface area contributed by atoms with Crippen LogP contribution < -0.4 is 5.11 Å². The van der Waals surface area contributed by atoms with E-state index in [0.29, 0.717) is 12.8 Å². The zero-order valence-corrected chi connectivity index (χ0v) is 31.5. The first kappa shape index (κ1) is 45.3. The summed E-state index contributed by atoms with van der Waals surface area (Å²) in [6.45, 7) is 4.64. The van der Waals surface area contributed by atoms with Crippen LogP contribution in [0.15, 0.2) is 0 Å². The van der Waals surface area contributed by atoms with Crippen LogP contribution in [0.5, 0.6) is 0 Å². The third-order valence-electron chi connectivity index (χ3n) is 8.99. The number of likely N-dealkylation sites (N-methyl/N-ethyl adjacent to an activating group) is 1. The van der Waals surface area contributed by atoms with Crippen LogP contribution in [-0.2, 0) is 28.6 Å². The van der Waals surface area contributed by atoms with Crippen molar-refractivity contribution in [2.24, 2.45) is 0 Å². The predicted octanol–water partition coefficient (Wildman–Crippen LogP) is 8.47. The lowest BCUT2D eigenvalue weighted by atomic mass is 10.0. The van der Waals surface area contributed by atoms with E-state index in [4.69, 9.17) is 14.2 Å². The van der Waals surface area contributed by atoms with Gasteiger partial charge in [-0.3, -0.25) is 9.59 Å². The van der Waals surface area contributed by atoms with Gasteiger partial charge in [-0.15, -0.1) is 0 Å². The van der Waals surface area contributed by atoms with Gasteiger partial charge in [0.25, 0.3) is 0 Å². The number of hydrogen-bond donors (Lipinski definition) is 0. The maximum absolute atomic E-state index is 12.6. The highest BCUT2D eigenvalue weighted by molar-refractivity contribution is 5.70. The third-order valence-corrected chi connectivity index (χ3v) is 8.99. The molecule has 278 valence electrons. The second-order valence-electron chi connectivity index (χ2n) is 14.5. The fraction of sp³-hybridized carbons (Fsp3) is 0.923. The molecular weight excluding hydrogens is 594 g/mol. The molecule has 0 aliphatic carbocycles. The topological polar surface area (TPSA) is 102 Å².